The number of nitrogens with zero attached hydrogens (tertiary/aromatic N) is 1. The maximum Gasteiger partial charge on any atom is 0.230 e. The highest BCUT2D eigenvalue weighted by Crippen LogP contribution is 2.25. The fourth-order valence-corrected chi connectivity index (χ4v) is 2.69. The van der Waals surface area contributed by atoms with E-state index in [4.69, 9.17) is 0 Å². The van der Waals surface area contributed by atoms with Gasteiger partial charge in [0, 0.05) is 13.1 Å². The Morgan fingerprint density at radius 3 is 2.44 bits per heavy atom. The normalized spacial score (nSPS) is 18.7. The third-order valence-corrected chi connectivity index (χ3v) is 4.00. The van der Waals surface area contributed by atoms with Crippen LogP contribution in [0, 0.1) is 5.92 Å². The van der Waals surface area contributed by atoms with Crippen LogP contribution in [-0.4, -0.2) is 23.9 Å². The average molecular weight is 245 g/mol. The van der Waals surface area contributed by atoms with Crippen LogP contribution in [0.25, 0.3) is 0 Å². The largest absolute Gasteiger partial charge is 0.342 e. The molecule has 1 aromatic rings. The Morgan fingerprint density at radius 1 is 1.28 bits per heavy atom. The summed E-state index contributed by atoms with van der Waals surface area (Å²) in [5, 5.41) is 0. The summed E-state index contributed by atoms with van der Waals surface area (Å²) < 4.78 is 0. The second-order valence-electron chi connectivity index (χ2n) is 5.38. The first kappa shape index (κ1) is 13.1. The maximum absolute atomic E-state index is 12.6. The van der Waals surface area contributed by atoms with Crippen molar-refractivity contribution in [2.24, 2.45) is 5.92 Å². The van der Waals surface area contributed by atoms with Gasteiger partial charge in [-0.2, -0.15) is 0 Å². The Bertz CT molecular complexity index is 379. The third kappa shape index (κ3) is 2.92. The second kappa shape index (κ2) is 6.03. The molecule has 0 N–H and O–H groups in total. The number of benzene rings is 1. The lowest BCUT2D eigenvalue weighted by molar-refractivity contribution is -0.134. The minimum atomic E-state index is 0.0413. The van der Waals surface area contributed by atoms with Gasteiger partial charge in [0.25, 0.3) is 0 Å². The highest BCUT2D eigenvalue weighted by Gasteiger charge is 2.26. The summed E-state index contributed by atoms with van der Waals surface area (Å²) in [7, 11) is 0. The minimum absolute atomic E-state index is 0.0413. The number of carbonyl (C=O) groups is 1. The Labute approximate surface area is 110 Å². The molecule has 2 nitrogen and oxygen atoms in total. The number of hydrogen-bond donors (Lipinski definition) is 0. The molecule has 1 aromatic carbocycles. The predicted molar refractivity (Wildman–Crippen MR) is 74.5 cm³/mol. The molecule has 1 saturated heterocycles. The van der Waals surface area contributed by atoms with Gasteiger partial charge in [0.2, 0.25) is 5.91 Å². The molecule has 1 fully saturated rings. The van der Waals surface area contributed by atoms with Crippen molar-refractivity contribution in [3.05, 3.63) is 35.9 Å². The van der Waals surface area contributed by atoms with Crippen LogP contribution < -0.4 is 0 Å². The van der Waals surface area contributed by atoms with E-state index in [9.17, 15) is 4.79 Å². The number of rotatable bonds is 3. The van der Waals surface area contributed by atoms with Crippen molar-refractivity contribution in [2.45, 2.75) is 39.0 Å². The summed E-state index contributed by atoms with van der Waals surface area (Å²) in [4.78, 5) is 14.6. The van der Waals surface area contributed by atoms with Gasteiger partial charge in [0.15, 0.2) is 0 Å². The van der Waals surface area contributed by atoms with Crippen molar-refractivity contribution >= 4 is 5.91 Å². The summed E-state index contributed by atoms with van der Waals surface area (Å²) in [6, 6.07) is 10.2. The van der Waals surface area contributed by atoms with Crippen LogP contribution in [0.3, 0.4) is 0 Å². The molecular formula is C16H23NO. The van der Waals surface area contributed by atoms with E-state index in [-0.39, 0.29) is 5.92 Å². The van der Waals surface area contributed by atoms with Crippen LogP contribution in [0.15, 0.2) is 30.3 Å². The Balaban J connectivity index is 2.06. The summed E-state index contributed by atoms with van der Waals surface area (Å²) >= 11 is 0. The minimum Gasteiger partial charge on any atom is -0.342 e. The van der Waals surface area contributed by atoms with Gasteiger partial charge in [-0.1, -0.05) is 44.2 Å². The Kier molecular flexibility index (Phi) is 4.40. The molecular weight excluding hydrogens is 222 g/mol. The Hall–Kier alpha value is -1.31. The molecule has 98 valence electrons. The zero-order valence-electron chi connectivity index (χ0n) is 11.4. The molecule has 18 heavy (non-hydrogen) atoms. The van der Waals surface area contributed by atoms with E-state index < -0.39 is 0 Å². The third-order valence-electron chi connectivity index (χ3n) is 4.00. The van der Waals surface area contributed by atoms with Gasteiger partial charge in [0.05, 0.1) is 5.92 Å². The number of carbonyl (C=O) groups excluding carboxylic acids is 1. The van der Waals surface area contributed by atoms with Crippen LogP contribution in [0.2, 0.25) is 0 Å². The summed E-state index contributed by atoms with van der Waals surface area (Å²) in [5.41, 5.74) is 1.16. The fourth-order valence-electron chi connectivity index (χ4n) is 2.69. The Morgan fingerprint density at radius 2 is 1.89 bits per heavy atom. The lowest BCUT2D eigenvalue weighted by Gasteiger charge is -2.33. The van der Waals surface area contributed by atoms with Gasteiger partial charge in [-0.25, -0.2) is 0 Å². The van der Waals surface area contributed by atoms with E-state index in [0.717, 1.165) is 43.8 Å². The first-order valence-corrected chi connectivity index (χ1v) is 7.06. The smallest absolute Gasteiger partial charge is 0.230 e. The van der Waals surface area contributed by atoms with Gasteiger partial charge >= 0.3 is 0 Å². The van der Waals surface area contributed by atoms with Crippen molar-refractivity contribution in [1.82, 2.24) is 4.90 Å². The van der Waals surface area contributed by atoms with E-state index in [2.05, 4.69) is 30.9 Å². The molecule has 1 aliphatic rings. The van der Waals surface area contributed by atoms with Crippen LogP contribution >= 0.6 is 0 Å². The topological polar surface area (TPSA) is 20.3 Å². The van der Waals surface area contributed by atoms with E-state index in [1.165, 1.54) is 0 Å². The van der Waals surface area contributed by atoms with Crippen molar-refractivity contribution < 1.29 is 4.79 Å². The van der Waals surface area contributed by atoms with Gasteiger partial charge in [-0.3, -0.25) is 4.79 Å². The molecule has 0 aromatic heterocycles. The van der Waals surface area contributed by atoms with Gasteiger partial charge in [0.1, 0.15) is 0 Å². The molecule has 1 atom stereocenters. The second-order valence-corrected chi connectivity index (χ2v) is 5.38. The number of likely N-dealkylation sites (tertiary alicyclic amines) is 1. The van der Waals surface area contributed by atoms with Crippen LogP contribution in [-0.2, 0) is 4.79 Å². The molecule has 2 heteroatoms. The van der Waals surface area contributed by atoms with E-state index >= 15 is 0 Å². The molecule has 1 aliphatic heterocycles. The van der Waals surface area contributed by atoms with Gasteiger partial charge < -0.3 is 4.90 Å². The highest BCUT2D eigenvalue weighted by atomic mass is 16.2. The van der Waals surface area contributed by atoms with E-state index in [1.807, 2.05) is 18.2 Å². The lowest BCUT2D eigenvalue weighted by atomic mass is 9.92. The number of amides is 1. The summed E-state index contributed by atoms with van der Waals surface area (Å²) in [6.07, 6.45) is 3.18. The maximum atomic E-state index is 12.6. The average Bonchev–Trinajstić information content (AvgIpc) is 2.41. The summed E-state index contributed by atoms with van der Waals surface area (Å²) in [5.74, 6) is 1.13. The van der Waals surface area contributed by atoms with E-state index in [0.29, 0.717) is 5.91 Å². The first-order valence-electron chi connectivity index (χ1n) is 7.06. The monoisotopic (exact) mass is 245 g/mol. The van der Waals surface area contributed by atoms with Crippen molar-refractivity contribution in [3.63, 3.8) is 0 Å². The zero-order valence-corrected chi connectivity index (χ0v) is 11.4. The van der Waals surface area contributed by atoms with Gasteiger partial charge in [-0.05, 0) is 30.7 Å². The highest BCUT2D eigenvalue weighted by molar-refractivity contribution is 5.83. The van der Waals surface area contributed by atoms with Crippen LogP contribution in [0.5, 0.6) is 0 Å². The molecule has 0 radical (unpaired) electrons. The van der Waals surface area contributed by atoms with Crippen molar-refractivity contribution in [1.29, 1.82) is 0 Å². The molecule has 1 amide bonds. The van der Waals surface area contributed by atoms with Crippen molar-refractivity contribution in [2.75, 3.05) is 13.1 Å². The first-order chi connectivity index (χ1) is 8.72. The van der Waals surface area contributed by atoms with Crippen LogP contribution in [0.1, 0.15) is 44.6 Å². The number of hydrogen-bond acceptors (Lipinski definition) is 1. The van der Waals surface area contributed by atoms with Crippen LogP contribution in [0.4, 0.5) is 0 Å². The zero-order chi connectivity index (χ0) is 13.0. The lowest BCUT2D eigenvalue weighted by Crippen LogP contribution is -2.40. The van der Waals surface area contributed by atoms with E-state index in [1.54, 1.807) is 0 Å². The molecule has 2 rings (SSSR count). The summed E-state index contributed by atoms with van der Waals surface area (Å²) in [6.45, 7) is 6.24. The SMILES string of the molecule is CCC(C(=O)N1CCC(C)CC1)c1ccccc1. The van der Waals surface area contributed by atoms with Crippen molar-refractivity contribution in [3.8, 4) is 0 Å². The molecule has 0 aliphatic carbocycles. The molecule has 1 heterocycles. The molecule has 0 saturated carbocycles. The predicted octanol–water partition coefficient (Wildman–Crippen LogP) is 3.44. The molecule has 0 bridgehead atoms. The standard InChI is InChI=1S/C16H23NO/c1-3-15(14-7-5-4-6-8-14)16(18)17-11-9-13(2)10-12-17/h4-8,13,15H,3,9-12H2,1-2H3. The van der Waals surface area contributed by atoms with Gasteiger partial charge in [-0.15, -0.1) is 0 Å². The fraction of sp³-hybridized carbons (Fsp3) is 0.562. The quantitative estimate of drug-likeness (QED) is 0.799. The molecule has 1 unspecified atom stereocenters. The number of piperidine rings is 1. The molecule has 0 spiro atoms.